The molecule has 1 fully saturated rings. The second-order valence-electron chi connectivity index (χ2n) is 8.23. The van der Waals surface area contributed by atoms with Crippen molar-refractivity contribution in [2.75, 3.05) is 18.4 Å². The number of anilines is 1. The van der Waals surface area contributed by atoms with E-state index in [1.54, 1.807) is 12.3 Å². The molecule has 0 bridgehead atoms. The topological polar surface area (TPSA) is 75.4 Å². The Morgan fingerprint density at radius 2 is 1.93 bits per heavy atom. The van der Waals surface area contributed by atoms with Crippen LogP contribution in [0.2, 0.25) is 0 Å². The highest BCUT2D eigenvalue weighted by Crippen LogP contribution is 2.26. The highest BCUT2D eigenvalue weighted by molar-refractivity contribution is 5.91. The number of aromatic nitrogens is 1. The molecule has 30 heavy (non-hydrogen) atoms. The summed E-state index contributed by atoms with van der Waals surface area (Å²) >= 11 is 0. The number of nitrogens with zero attached hydrogens (tertiary/aromatic N) is 2. The van der Waals surface area contributed by atoms with E-state index in [1.807, 2.05) is 39.0 Å². The minimum atomic E-state index is -0.314. The third-order valence-electron chi connectivity index (χ3n) is 6.04. The molecule has 156 valence electrons. The summed E-state index contributed by atoms with van der Waals surface area (Å²) in [6.45, 7) is 8.28. The monoisotopic (exact) mass is 405 g/mol. The number of piperidine rings is 1. The first-order chi connectivity index (χ1) is 14.4. The summed E-state index contributed by atoms with van der Waals surface area (Å²) in [7, 11) is 0. The van der Waals surface area contributed by atoms with Gasteiger partial charge in [-0.3, -0.25) is 9.69 Å². The number of likely N-dealkylation sites (tertiary alicyclic amines) is 1. The van der Waals surface area contributed by atoms with Crippen molar-refractivity contribution in [3.05, 3.63) is 69.2 Å². The van der Waals surface area contributed by atoms with Gasteiger partial charge in [0.15, 0.2) is 0 Å². The molecule has 1 saturated heterocycles. The zero-order valence-corrected chi connectivity index (χ0v) is 17.7. The Morgan fingerprint density at radius 3 is 2.67 bits per heavy atom. The van der Waals surface area contributed by atoms with E-state index in [0.29, 0.717) is 17.9 Å². The molecule has 0 saturated carbocycles. The highest BCUT2D eigenvalue weighted by atomic mass is 16.4. The maximum Gasteiger partial charge on any atom is 0.336 e. The van der Waals surface area contributed by atoms with Gasteiger partial charge < -0.3 is 9.73 Å². The standard InChI is InChI=1S/C24H27N3O3/c1-15-6-9-25-21(12-15)26-24(29)18-7-10-27(11-8-18)14-19-13-22(28)30-23-17(3)16(2)4-5-20(19)23/h4-6,9,12-13,18H,7-8,10-11,14H2,1-3H3,(H,25,26,29). The Hall–Kier alpha value is -2.99. The molecular weight excluding hydrogens is 378 g/mol. The van der Waals surface area contributed by atoms with Crippen LogP contribution >= 0.6 is 0 Å². The minimum Gasteiger partial charge on any atom is -0.422 e. The van der Waals surface area contributed by atoms with Gasteiger partial charge in [-0.1, -0.05) is 12.1 Å². The van der Waals surface area contributed by atoms with Crippen molar-refractivity contribution < 1.29 is 9.21 Å². The number of amides is 1. The van der Waals surface area contributed by atoms with Gasteiger partial charge >= 0.3 is 5.63 Å². The molecule has 0 aliphatic carbocycles. The summed E-state index contributed by atoms with van der Waals surface area (Å²) < 4.78 is 5.48. The van der Waals surface area contributed by atoms with Gasteiger partial charge in [-0.2, -0.15) is 0 Å². The Balaban J connectivity index is 1.42. The molecule has 0 atom stereocenters. The number of pyridine rings is 1. The number of rotatable bonds is 4. The van der Waals surface area contributed by atoms with Crippen LogP contribution in [0.15, 0.2) is 45.7 Å². The molecule has 1 aromatic carbocycles. The molecule has 0 spiro atoms. The van der Waals surface area contributed by atoms with Crippen LogP contribution in [-0.2, 0) is 11.3 Å². The zero-order valence-electron chi connectivity index (χ0n) is 17.7. The highest BCUT2D eigenvalue weighted by Gasteiger charge is 2.26. The fourth-order valence-electron chi connectivity index (χ4n) is 4.08. The van der Waals surface area contributed by atoms with E-state index >= 15 is 0 Å². The first-order valence-electron chi connectivity index (χ1n) is 10.4. The molecule has 2 aromatic heterocycles. The maximum atomic E-state index is 12.6. The lowest BCUT2D eigenvalue weighted by Gasteiger charge is -2.31. The lowest BCUT2D eigenvalue weighted by Crippen LogP contribution is -2.38. The van der Waals surface area contributed by atoms with Crippen LogP contribution in [0.1, 0.15) is 35.1 Å². The maximum absolute atomic E-state index is 12.6. The van der Waals surface area contributed by atoms with E-state index in [4.69, 9.17) is 4.42 Å². The molecule has 6 nitrogen and oxygen atoms in total. The van der Waals surface area contributed by atoms with E-state index in [0.717, 1.165) is 53.6 Å². The SMILES string of the molecule is Cc1ccnc(NC(=O)C2CCN(Cc3cc(=O)oc4c(C)c(C)ccc34)CC2)c1. The van der Waals surface area contributed by atoms with Crippen LogP contribution in [0, 0.1) is 26.7 Å². The lowest BCUT2D eigenvalue weighted by atomic mass is 9.95. The Kier molecular flexibility index (Phi) is 5.68. The van der Waals surface area contributed by atoms with Crippen LogP contribution < -0.4 is 10.9 Å². The summed E-state index contributed by atoms with van der Waals surface area (Å²) in [5.74, 6) is 0.617. The number of benzene rings is 1. The van der Waals surface area contributed by atoms with E-state index in [1.165, 1.54) is 0 Å². The normalized spacial score (nSPS) is 15.4. The van der Waals surface area contributed by atoms with Gasteiger partial charge in [0.2, 0.25) is 5.91 Å². The van der Waals surface area contributed by atoms with Crippen LogP contribution in [0.5, 0.6) is 0 Å². The molecule has 1 N–H and O–H groups in total. The van der Waals surface area contributed by atoms with Crippen molar-refractivity contribution >= 4 is 22.7 Å². The second-order valence-corrected chi connectivity index (χ2v) is 8.23. The quantitative estimate of drug-likeness (QED) is 0.665. The van der Waals surface area contributed by atoms with Gasteiger partial charge in [0.05, 0.1) is 0 Å². The van der Waals surface area contributed by atoms with E-state index < -0.39 is 0 Å². The molecule has 0 radical (unpaired) electrons. The smallest absolute Gasteiger partial charge is 0.336 e. The third kappa shape index (κ3) is 4.28. The number of aryl methyl sites for hydroxylation is 3. The number of hydrogen-bond acceptors (Lipinski definition) is 5. The molecular formula is C24H27N3O3. The van der Waals surface area contributed by atoms with E-state index in [9.17, 15) is 9.59 Å². The number of carbonyl (C=O) groups is 1. The largest absolute Gasteiger partial charge is 0.422 e. The summed E-state index contributed by atoms with van der Waals surface area (Å²) in [5.41, 5.74) is 4.53. The van der Waals surface area contributed by atoms with Gasteiger partial charge in [0, 0.05) is 30.1 Å². The summed E-state index contributed by atoms with van der Waals surface area (Å²) in [6, 6.07) is 9.48. The van der Waals surface area contributed by atoms with Crippen molar-refractivity contribution in [3.8, 4) is 0 Å². The van der Waals surface area contributed by atoms with Crippen molar-refractivity contribution in [3.63, 3.8) is 0 Å². The number of fused-ring (bicyclic) bond motifs is 1. The Morgan fingerprint density at radius 1 is 1.17 bits per heavy atom. The van der Waals surface area contributed by atoms with Gasteiger partial charge in [-0.15, -0.1) is 0 Å². The molecule has 6 heteroatoms. The van der Waals surface area contributed by atoms with Crippen LogP contribution in [-0.4, -0.2) is 28.9 Å². The number of nitrogens with one attached hydrogen (secondary N) is 1. The average Bonchev–Trinajstić information content (AvgIpc) is 2.71. The van der Waals surface area contributed by atoms with E-state index in [2.05, 4.69) is 21.3 Å². The lowest BCUT2D eigenvalue weighted by molar-refractivity contribution is -0.121. The Bertz CT molecular complexity index is 1140. The molecule has 3 heterocycles. The van der Waals surface area contributed by atoms with Crippen LogP contribution in [0.4, 0.5) is 5.82 Å². The average molecular weight is 405 g/mol. The third-order valence-corrected chi connectivity index (χ3v) is 6.04. The fraction of sp³-hybridized carbons (Fsp3) is 0.375. The summed E-state index contributed by atoms with van der Waals surface area (Å²) in [6.07, 6.45) is 3.28. The van der Waals surface area contributed by atoms with Gasteiger partial charge in [0.25, 0.3) is 0 Å². The van der Waals surface area contributed by atoms with Gasteiger partial charge in [-0.25, -0.2) is 9.78 Å². The molecule has 0 unspecified atom stereocenters. The van der Waals surface area contributed by atoms with Crippen molar-refractivity contribution in [1.29, 1.82) is 0 Å². The van der Waals surface area contributed by atoms with Crippen LogP contribution in [0.25, 0.3) is 11.0 Å². The first-order valence-corrected chi connectivity index (χ1v) is 10.4. The minimum absolute atomic E-state index is 0.0222. The summed E-state index contributed by atoms with van der Waals surface area (Å²) in [5, 5.41) is 3.93. The summed E-state index contributed by atoms with van der Waals surface area (Å²) in [4.78, 5) is 31.2. The molecule has 1 aliphatic heterocycles. The first kappa shape index (κ1) is 20.3. The molecule has 1 amide bonds. The predicted octanol–water partition coefficient (Wildman–Crippen LogP) is 3.96. The van der Waals surface area contributed by atoms with Crippen LogP contribution in [0.3, 0.4) is 0 Å². The van der Waals surface area contributed by atoms with Crippen molar-refractivity contribution in [2.24, 2.45) is 5.92 Å². The zero-order chi connectivity index (χ0) is 21.3. The number of carbonyl (C=O) groups excluding carboxylic acids is 1. The van der Waals surface area contributed by atoms with Crippen molar-refractivity contribution in [2.45, 2.75) is 40.2 Å². The fourth-order valence-corrected chi connectivity index (χ4v) is 4.08. The molecule has 1 aliphatic rings. The Labute approximate surface area is 175 Å². The van der Waals surface area contributed by atoms with Gasteiger partial charge in [-0.05, 0) is 81.1 Å². The van der Waals surface area contributed by atoms with Crippen molar-refractivity contribution in [1.82, 2.24) is 9.88 Å². The number of hydrogen-bond donors (Lipinski definition) is 1. The molecule has 3 aromatic rings. The molecule has 4 rings (SSSR count). The van der Waals surface area contributed by atoms with E-state index in [-0.39, 0.29) is 17.5 Å². The van der Waals surface area contributed by atoms with Gasteiger partial charge in [0.1, 0.15) is 11.4 Å². The predicted molar refractivity (Wildman–Crippen MR) is 118 cm³/mol. The second kappa shape index (κ2) is 8.40.